The first kappa shape index (κ1) is 24.5. The van der Waals surface area contributed by atoms with Crippen LogP contribution in [0.5, 0.6) is 0 Å². The summed E-state index contributed by atoms with van der Waals surface area (Å²) >= 11 is 0. The van der Waals surface area contributed by atoms with Gasteiger partial charge in [-0.15, -0.1) is 0 Å². The Bertz CT molecular complexity index is 656. The summed E-state index contributed by atoms with van der Waals surface area (Å²) in [4.78, 5) is 0. The van der Waals surface area contributed by atoms with Crippen LogP contribution in [0.2, 0.25) is 0 Å². The molecule has 0 radical (unpaired) electrons. The molecule has 0 heteroatoms. The molecule has 1 aromatic rings. The van der Waals surface area contributed by atoms with Crippen LogP contribution in [0, 0.1) is 23.7 Å². The Morgan fingerprint density at radius 3 is 2.17 bits per heavy atom. The molecule has 0 heterocycles. The predicted octanol–water partition coefficient (Wildman–Crippen LogP) is 9.16. The fourth-order valence-electron chi connectivity index (χ4n) is 4.50. The van der Waals surface area contributed by atoms with Gasteiger partial charge >= 0.3 is 0 Å². The lowest BCUT2D eigenvalue weighted by atomic mass is 9.79. The molecule has 164 valence electrons. The van der Waals surface area contributed by atoms with Gasteiger partial charge in [0.25, 0.3) is 0 Å². The van der Waals surface area contributed by atoms with E-state index in [1.54, 1.807) is 0 Å². The van der Waals surface area contributed by atoms with E-state index in [1.165, 1.54) is 101 Å². The largest absolute Gasteiger partial charge is 0.0730 e. The highest BCUT2D eigenvalue weighted by Gasteiger charge is 2.18. The third-order valence-electron chi connectivity index (χ3n) is 6.55. The van der Waals surface area contributed by atoms with E-state index in [1.807, 2.05) is 6.08 Å². The molecule has 2 rings (SSSR count). The average Bonchev–Trinajstić information content (AvgIpc) is 2.78. The fourth-order valence-corrected chi connectivity index (χ4v) is 4.50. The van der Waals surface area contributed by atoms with Crippen molar-refractivity contribution in [1.29, 1.82) is 0 Å². The normalized spacial score (nSPS) is 19.3. The van der Waals surface area contributed by atoms with Gasteiger partial charge in [0.1, 0.15) is 0 Å². The molecule has 1 saturated carbocycles. The van der Waals surface area contributed by atoms with Crippen LogP contribution in [-0.4, -0.2) is 0 Å². The molecule has 1 aromatic carbocycles. The van der Waals surface area contributed by atoms with Gasteiger partial charge in [0.05, 0.1) is 0 Å². The van der Waals surface area contributed by atoms with Crippen LogP contribution in [0.15, 0.2) is 42.5 Å². The maximum atomic E-state index is 3.20. The van der Waals surface area contributed by atoms with E-state index in [-0.39, 0.29) is 0 Å². The van der Waals surface area contributed by atoms with Gasteiger partial charge in [-0.2, -0.15) is 0 Å². The Hall–Kier alpha value is -1.74. The molecule has 0 saturated heterocycles. The van der Waals surface area contributed by atoms with E-state index in [0.29, 0.717) is 0 Å². The molecule has 0 nitrogen and oxygen atoms in total. The van der Waals surface area contributed by atoms with E-state index in [2.05, 4.69) is 68.2 Å². The third-order valence-corrected chi connectivity index (χ3v) is 6.55. The Kier molecular flexibility index (Phi) is 13.1. The monoisotopic (exact) mass is 404 g/mol. The van der Waals surface area contributed by atoms with E-state index >= 15 is 0 Å². The standard InChI is InChI=1S/C30H44/c1-3-5-7-8-12-16-28-23-25-30(26-24-28)18-14-10-9-13-17-29-21-19-27(20-22-29)15-11-6-4-2/h13-14,17-22,28,30H,3-8,11-12,15-16,23-26H2,1-2H3/b17-13+,18-14+/t28-,30-. The van der Waals surface area contributed by atoms with Crippen molar-refractivity contribution in [3.8, 4) is 11.8 Å². The number of hydrogen-bond acceptors (Lipinski definition) is 0. The highest BCUT2D eigenvalue weighted by atomic mass is 14.2. The second kappa shape index (κ2) is 16.0. The minimum atomic E-state index is 0.750. The number of rotatable bonds is 12. The molecule has 1 aliphatic rings. The van der Waals surface area contributed by atoms with Gasteiger partial charge in [0.15, 0.2) is 0 Å². The van der Waals surface area contributed by atoms with Crippen molar-refractivity contribution >= 4 is 6.08 Å². The molecule has 0 unspecified atom stereocenters. The van der Waals surface area contributed by atoms with Crippen LogP contribution in [0.1, 0.15) is 108 Å². The van der Waals surface area contributed by atoms with E-state index < -0.39 is 0 Å². The lowest BCUT2D eigenvalue weighted by Crippen LogP contribution is -2.12. The van der Waals surface area contributed by atoms with Gasteiger partial charge < -0.3 is 0 Å². The first-order chi connectivity index (χ1) is 14.8. The Labute approximate surface area is 187 Å². The average molecular weight is 405 g/mol. The zero-order valence-electron chi connectivity index (χ0n) is 19.7. The minimum Gasteiger partial charge on any atom is -0.0730 e. The summed E-state index contributed by atoms with van der Waals surface area (Å²) in [6.07, 6.45) is 27.7. The second-order valence-corrected chi connectivity index (χ2v) is 9.16. The quantitative estimate of drug-likeness (QED) is 0.240. The molecule has 0 amide bonds. The highest BCUT2D eigenvalue weighted by molar-refractivity contribution is 5.53. The Morgan fingerprint density at radius 1 is 0.767 bits per heavy atom. The molecule has 0 N–H and O–H groups in total. The van der Waals surface area contributed by atoms with E-state index in [0.717, 1.165) is 11.8 Å². The maximum Gasteiger partial charge on any atom is -0.0109 e. The predicted molar refractivity (Wildman–Crippen MR) is 134 cm³/mol. The van der Waals surface area contributed by atoms with E-state index in [9.17, 15) is 0 Å². The minimum absolute atomic E-state index is 0.750. The van der Waals surface area contributed by atoms with Crippen LogP contribution in [0.4, 0.5) is 0 Å². The molecule has 0 spiro atoms. The van der Waals surface area contributed by atoms with Crippen LogP contribution in [0.25, 0.3) is 6.08 Å². The summed E-state index contributed by atoms with van der Waals surface area (Å²) < 4.78 is 0. The zero-order valence-corrected chi connectivity index (χ0v) is 19.7. The second-order valence-electron chi connectivity index (χ2n) is 9.16. The van der Waals surface area contributed by atoms with Gasteiger partial charge in [-0.3, -0.25) is 0 Å². The Balaban J connectivity index is 1.61. The van der Waals surface area contributed by atoms with Gasteiger partial charge in [-0.25, -0.2) is 0 Å². The molecular formula is C30H44. The van der Waals surface area contributed by atoms with E-state index in [4.69, 9.17) is 0 Å². The molecule has 30 heavy (non-hydrogen) atoms. The number of benzene rings is 1. The number of allylic oxidation sites excluding steroid dienone is 3. The first-order valence-electron chi connectivity index (χ1n) is 12.7. The summed E-state index contributed by atoms with van der Waals surface area (Å²) in [5.41, 5.74) is 2.68. The van der Waals surface area contributed by atoms with Gasteiger partial charge in [-0.1, -0.05) is 107 Å². The number of aryl methyl sites for hydroxylation is 1. The van der Waals surface area contributed by atoms with Crippen molar-refractivity contribution in [2.24, 2.45) is 11.8 Å². The first-order valence-corrected chi connectivity index (χ1v) is 12.7. The van der Waals surface area contributed by atoms with Crippen LogP contribution in [0.3, 0.4) is 0 Å². The van der Waals surface area contributed by atoms with Crippen molar-refractivity contribution in [1.82, 2.24) is 0 Å². The fraction of sp³-hybridized carbons (Fsp3) is 0.600. The van der Waals surface area contributed by atoms with Crippen molar-refractivity contribution in [3.05, 3.63) is 53.6 Å². The molecule has 1 fully saturated rings. The molecule has 0 aromatic heterocycles. The number of unbranched alkanes of at least 4 members (excludes halogenated alkanes) is 6. The smallest absolute Gasteiger partial charge is 0.0109 e. The van der Waals surface area contributed by atoms with Gasteiger partial charge in [0.2, 0.25) is 0 Å². The summed E-state index contributed by atoms with van der Waals surface area (Å²) in [7, 11) is 0. The van der Waals surface area contributed by atoms with Crippen molar-refractivity contribution < 1.29 is 0 Å². The maximum absolute atomic E-state index is 3.20. The molecule has 0 aliphatic heterocycles. The lowest BCUT2D eigenvalue weighted by molar-refractivity contribution is 0.288. The van der Waals surface area contributed by atoms with Crippen LogP contribution in [-0.2, 0) is 6.42 Å². The topological polar surface area (TPSA) is 0 Å². The summed E-state index contributed by atoms with van der Waals surface area (Å²) in [6, 6.07) is 8.92. The number of hydrogen-bond donors (Lipinski definition) is 0. The summed E-state index contributed by atoms with van der Waals surface area (Å²) in [5, 5.41) is 0. The van der Waals surface area contributed by atoms with Crippen LogP contribution < -0.4 is 0 Å². The van der Waals surface area contributed by atoms with Gasteiger partial charge in [-0.05, 0) is 79.7 Å². The van der Waals surface area contributed by atoms with Crippen molar-refractivity contribution in [2.45, 2.75) is 104 Å². The molecule has 0 bridgehead atoms. The highest BCUT2D eigenvalue weighted by Crippen LogP contribution is 2.32. The molecular weight excluding hydrogens is 360 g/mol. The van der Waals surface area contributed by atoms with Crippen molar-refractivity contribution in [3.63, 3.8) is 0 Å². The lowest BCUT2D eigenvalue weighted by Gasteiger charge is -2.26. The molecule has 1 aliphatic carbocycles. The van der Waals surface area contributed by atoms with Gasteiger partial charge in [0, 0.05) is 0 Å². The SMILES string of the molecule is CCCCCCC[C@H]1CC[C@H](/C=C/C#C/C=C/c2ccc(CCCCC)cc2)CC1. The summed E-state index contributed by atoms with van der Waals surface area (Å²) in [6.45, 7) is 4.55. The third kappa shape index (κ3) is 10.9. The Morgan fingerprint density at radius 2 is 1.43 bits per heavy atom. The molecule has 0 atom stereocenters. The van der Waals surface area contributed by atoms with Crippen molar-refractivity contribution in [2.75, 3.05) is 0 Å². The van der Waals surface area contributed by atoms with Crippen LogP contribution >= 0.6 is 0 Å². The summed E-state index contributed by atoms with van der Waals surface area (Å²) in [5.74, 6) is 8.10. The zero-order chi connectivity index (χ0) is 21.3.